The normalized spacial score (nSPS) is 12.4. The van der Waals surface area contributed by atoms with E-state index in [1.165, 1.54) is 23.1 Å². The summed E-state index contributed by atoms with van der Waals surface area (Å²) in [6, 6.07) is 9.49. The number of benzene rings is 2. The number of nitro benzene ring substituents is 1. The standard InChI is InChI=1S/C18H17ClN2O6/c1-20(10-12-2-4-16-17(8-12)26-7-6-25-16)18(22)11-27-15-5-3-13(19)9-14(15)21(23)24/h2-5,8-9H,6-7,10-11H2,1H3. The van der Waals surface area contributed by atoms with Crippen LogP contribution >= 0.6 is 11.6 Å². The van der Waals surface area contributed by atoms with Crippen molar-refractivity contribution in [3.05, 3.63) is 57.1 Å². The SMILES string of the molecule is CN(Cc1ccc2c(c1)OCCO2)C(=O)COc1ccc(Cl)cc1[N+](=O)[O-]. The zero-order chi connectivity index (χ0) is 19.4. The third-order valence-corrected chi connectivity index (χ3v) is 4.16. The van der Waals surface area contributed by atoms with Gasteiger partial charge in [0, 0.05) is 24.7 Å². The van der Waals surface area contributed by atoms with Gasteiger partial charge in [0.1, 0.15) is 13.2 Å². The number of amides is 1. The number of rotatable bonds is 6. The maximum Gasteiger partial charge on any atom is 0.312 e. The molecule has 0 bridgehead atoms. The second kappa shape index (κ2) is 8.13. The van der Waals surface area contributed by atoms with Crippen LogP contribution in [0.3, 0.4) is 0 Å². The molecule has 0 radical (unpaired) electrons. The van der Waals surface area contributed by atoms with Crippen LogP contribution in [-0.4, -0.2) is 42.6 Å². The summed E-state index contributed by atoms with van der Waals surface area (Å²) < 4.78 is 16.3. The van der Waals surface area contributed by atoms with E-state index in [9.17, 15) is 14.9 Å². The van der Waals surface area contributed by atoms with Crippen molar-refractivity contribution >= 4 is 23.2 Å². The minimum absolute atomic E-state index is 0.00882. The maximum atomic E-state index is 12.3. The van der Waals surface area contributed by atoms with Crippen LogP contribution in [0.15, 0.2) is 36.4 Å². The van der Waals surface area contributed by atoms with E-state index in [2.05, 4.69) is 0 Å². The molecule has 0 atom stereocenters. The van der Waals surface area contributed by atoms with Crippen molar-refractivity contribution in [1.29, 1.82) is 0 Å². The zero-order valence-corrected chi connectivity index (χ0v) is 15.3. The average molecular weight is 393 g/mol. The largest absolute Gasteiger partial charge is 0.486 e. The number of likely N-dealkylation sites (N-methyl/N-ethyl adjacent to an activating group) is 1. The molecular formula is C18H17ClN2O6. The summed E-state index contributed by atoms with van der Waals surface area (Å²) in [6.45, 7) is 1.00. The van der Waals surface area contributed by atoms with Crippen LogP contribution in [0.5, 0.6) is 17.2 Å². The zero-order valence-electron chi connectivity index (χ0n) is 14.5. The minimum Gasteiger partial charge on any atom is -0.486 e. The lowest BCUT2D eigenvalue weighted by molar-refractivity contribution is -0.385. The van der Waals surface area contributed by atoms with Crippen molar-refractivity contribution in [2.24, 2.45) is 0 Å². The molecule has 2 aromatic rings. The van der Waals surface area contributed by atoms with E-state index in [1.807, 2.05) is 12.1 Å². The number of nitrogens with zero attached hydrogens (tertiary/aromatic N) is 2. The Morgan fingerprint density at radius 2 is 1.96 bits per heavy atom. The van der Waals surface area contributed by atoms with Gasteiger partial charge in [0.05, 0.1) is 4.92 Å². The first-order valence-electron chi connectivity index (χ1n) is 8.13. The van der Waals surface area contributed by atoms with E-state index in [-0.39, 0.29) is 29.0 Å². The van der Waals surface area contributed by atoms with E-state index >= 15 is 0 Å². The van der Waals surface area contributed by atoms with Crippen molar-refractivity contribution in [2.75, 3.05) is 26.9 Å². The first-order chi connectivity index (χ1) is 12.9. The van der Waals surface area contributed by atoms with Crippen LogP contribution in [0.1, 0.15) is 5.56 Å². The molecule has 8 nitrogen and oxygen atoms in total. The van der Waals surface area contributed by atoms with E-state index in [0.717, 1.165) is 5.56 Å². The molecular weight excluding hydrogens is 376 g/mol. The highest BCUT2D eigenvalue weighted by Gasteiger charge is 2.19. The Kier molecular flexibility index (Phi) is 5.66. The second-order valence-corrected chi connectivity index (χ2v) is 6.32. The first-order valence-corrected chi connectivity index (χ1v) is 8.51. The predicted molar refractivity (Wildman–Crippen MR) is 97.5 cm³/mol. The summed E-state index contributed by atoms with van der Waals surface area (Å²) in [7, 11) is 1.62. The highest BCUT2D eigenvalue weighted by Crippen LogP contribution is 2.31. The van der Waals surface area contributed by atoms with Crippen LogP contribution in [0.4, 0.5) is 5.69 Å². The molecule has 0 fully saturated rings. The fourth-order valence-corrected chi connectivity index (χ4v) is 2.72. The lowest BCUT2D eigenvalue weighted by atomic mass is 10.2. The number of hydrogen-bond acceptors (Lipinski definition) is 6. The molecule has 9 heteroatoms. The predicted octanol–water partition coefficient (Wildman–Crippen LogP) is 3.06. The van der Waals surface area contributed by atoms with Gasteiger partial charge >= 0.3 is 5.69 Å². The Bertz CT molecular complexity index is 873. The van der Waals surface area contributed by atoms with Gasteiger partial charge in [0.25, 0.3) is 5.91 Å². The molecule has 0 spiro atoms. The van der Waals surface area contributed by atoms with Gasteiger partial charge in [-0.05, 0) is 29.8 Å². The molecule has 0 saturated heterocycles. The van der Waals surface area contributed by atoms with Gasteiger partial charge in [-0.25, -0.2) is 0 Å². The van der Waals surface area contributed by atoms with Crippen molar-refractivity contribution in [1.82, 2.24) is 4.90 Å². The fourth-order valence-electron chi connectivity index (χ4n) is 2.55. The number of nitro groups is 1. The smallest absolute Gasteiger partial charge is 0.312 e. The van der Waals surface area contributed by atoms with Crippen molar-refractivity contribution < 1.29 is 23.9 Å². The summed E-state index contributed by atoms with van der Waals surface area (Å²) in [5, 5.41) is 11.3. The number of halogens is 1. The molecule has 0 saturated carbocycles. The van der Waals surface area contributed by atoms with Crippen LogP contribution in [-0.2, 0) is 11.3 Å². The first kappa shape index (κ1) is 18.8. The van der Waals surface area contributed by atoms with Gasteiger partial charge in [-0.1, -0.05) is 17.7 Å². The lowest BCUT2D eigenvalue weighted by Crippen LogP contribution is -2.31. The Balaban J connectivity index is 1.61. The van der Waals surface area contributed by atoms with Crippen molar-refractivity contribution in [3.63, 3.8) is 0 Å². The Labute approximate surface area is 160 Å². The van der Waals surface area contributed by atoms with Gasteiger partial charge in [-0.2, -0.15) is 0 Å². The van der Waals surface area contributed by atoms with Gasteiger partial charge < -0.3 is 19.1 Å². The van der Waals surface area contributed by atoms with Gasteiger partial charge in [-0.3, -0.25) is 14.9 Å². The lowest BCUT2D eigenvalue weighted by Gasteiger charge is -2.21. The maximum absolute atomic E-state index is 12.3. The number of carbonyl (C=O) groups is 1. The summed E-state index contributed by atoms with van der Waals surface area (Å²) >= 11 is 5.76. The molecule has 142 valence electrons. The molecule has 0 unspecified atom stereocenters. The van der Waals surface area contributed by atoms with Gasteiger partial charge in [0.2, 0.25) is 0 Å². The highest BCUT2D eigenvalue weighted by molar-refractivity contribution is 6.30. The average Bonchev–Trinajstić information content (AvgIpc) is 2.66. The van der Waals surface area contributed by atoms with Crippen LogP contribution in [0.2, 0.25) is 5.02 Å². The minimum atomic E-state index is -0.607. The van der Waals surface area contributed by atoms with E-state index in [1.54, 1.807) is 13.1 Å². The molecule has 2 aromatic carbocycles. The van der Waals surface area contributed by atoms with Crippen molar-refractivity contribution in [3.8, 4) is 17.2 Å². The van der Waals surface area contributed by atoms with E-state index in [0.29, 0.717) is 31.3 Å². The third-order valence-electron chi connectivity index (χ3n) is 3.92. The molecule has 0 N–H and O–H groups in total. The summed E-state index contributed by atoms with van der Waals surface area (Å²) in [4.78, 5) is 24.2. The summed E-state index contributed by atoms with van der Waals surface area (Å²) in [5.41, 5.74) is 0.581. The number of fused-ring (bicyclic) bond motifs is 1. The molecule has 0 aromatic heterocycles. The Morgan fingerprint density at radius 3 is 2.70 bits per heavy atom. The Hall–Kier alpha value is -3.00. The van der Waals surface area contributed by atoms with Gasteiger partial charge in [-0.15, -0.1) is 0 Å². The topological polar surface area (TPSA) is 91.1 Å². The van der Waals surface area contributed by atoms with Gasteiger partial charge in [0.15, 0.2) is 23.9 Å². The quantitative estimate of drug-likeness (QED) is 0.554. The monoisotopic (exact) mass is 392 g/mol. The molecule has 1 heterocycles. The Morgan fingerprint density at radius 1 is 1.22 bits per heavy atom. The van der Waals surface area contributed by atoms with Crippen LogP contribution in [0.25, 0.3) is 0 Å². The van der Waals surface area contributed by atoms with Crippen LogP contribution in [0, 0.1) is 10.1 Å². The summed E-state index contributed by atoms with van der Waals surface area (Å²) in [6.07, 6.45) is 0. The van der Waals surface area contributed by atoms with E-state index < -0.39 is 4.92 Å². The number of carbonyl (C=O) groups excluding carboxylic acids is 1. The third kappa shape index (κ3) is 4.59. The molecule has 0 aliphatic carbocycles. The molecule has 1 amide bonds. The number of ether oxygens (including phenoxy) is 3. The molecule has 27 heavy (non-hydrogen) atoms. The molecule has 1 aliphatic rings. The summed E-state index contributed by atoms with van der Waals surface area (Å²) in [5.74, 6) is 0.990. The fraction of sp³-hybridized carbons (Fsp3) is 0.278. The van der Waals surface area contributed by atoms with Crippen molar-refractivity contribution in [2.45, 2.75) is 6.54 Å². The number of hydrogen-bond donors (Lipinski definition) is 0. The second-order valence-electron chi connectivity index (χ2n) is 5.89. The highest BCUT2D eigenvalue weighted by atomic mass is 35.5. The molecule has 3 rings (SSSR count). The van der Waals surface area contributed by atoms with Crippen LogP contribution < -0.4 is 14.2 Å². The van der Waals surface area contributed by atoms with E-state index in [4.69, 9.17) is 25.8 Å². The molecule has 1 aliphatic heterocycles.